The van der Waals surface area contributed by atoms with Crippen molar-refractivity contribution in [2.24, 2.45) is 0 Å². The molecule has 0 aliphatic rings. The fraction of sp³-hybridized carbons (Fsp3) is 0.417. The first-order valence-corrected chi connectivity index (χ1v) is 6.40. The predicted molar refractivity (Wildman–Crippen MR) is 69.1 cm³/mol. The summed E-state index contributed by atoms with van der Waals surface area (Å²) in [6.45, 7) is 3.71. The zero-order valence-electron chi connectivity index (χ0n) is 9.31. The smallest absolute Gasteiger partial charge is 0.323 e. The first kappa shape index (κ1) is 13.4. The third-order valence-electron chi connectivity index (χ3n) is 2.28. The molecule has 0 heterocycles. The molecular weight excluding hydrogens is 244 g/mol. The Balaban J connectivity index is 2.57. The second-order valence-corrected chi connectivity index (χ2v) is 6.14. The highest BCUT2D eigenvalue weighted by Gasteiger charge is 2.33. The van der Waals surface area contributed by atoms with E-state index in [2.05, 4.69) is 0 Å². The standard InChI is InChI=1S/C12H15ClO2S/c1-12(2,10(13)11(14)15)16-8-9-6-4-3-5-7-9/h3-7,10H,8H2,1-2H3,(H,14,15). The number of carboxylic acid groups (broad SMARTS) is 1. The lowest BCUT2D eigenvalue weighted by molar-refractivity contribution is -0.137. The average molecular weight is 259 g/mol. The first-order chi connectivity index (χ1) is 7.43. The van der Waals surface area contributed by atoms with Crippen molar-refractivity contribution >= 4 is 29.3 Å². The summed E-state index contributed by atoms with van der Waals surface area (Å²) in [6.07, 6.45) is 0. The van der Waals surface area contributed by atoms with Gasteiger partial charge in [0.2, 0.25) is 0 Å². The van der Waals surface area contributed by atoms with E-state index in [1.165, 1.54) is 5.56 Å². The number of thioether (sulfide) groups is 1. The molecule has 1 atom stereocenters. The molecule has 0 amide bonds. The quantitative estimate of drug-likeness (QED) is 0.823. The molecule has 1 aromatic rings. The molecular formula is C12H15ClO2S. The second kappa shape index (κ2) is 5.60. The normalized spacial score (nSPS) is 13.4. The van der Waals surface area contributed by atoms with Crippen molar-refractivity contribution in [1.82, 2.24) is 0 Å². The Morgan fingerprint density at radius 2 is 2.00 bits per heavy atom. The molecule has 0 radical (unpaired) electrons. The molecule has 16 heavy (non-hydrogen) atoms. The summed E-state index contributed by atoms with van der Waals surface area (Å²) in [5, 5.41) is 8.00. The van der Waals surface area contributed by atoms with E-state index in [4.69, 9.17) is 16.7 Å². The molecule has 0 saturated carbocycles. The maximum Gasteiger partial charge on any atom is 0.323 e. The number of carboxylic acids is 1. The van der Waals surface area contributed by atoms with Gasteiger partial charge in [-0.05, 0) is 19.4 Å². The number of halogens is 1. The highest BCUT2D eigenvalue weighted by atomic mass is 35.5. The van der Waals surface area contributed by atoms with E-state index in [0.29, 0.717) is 0 Å². The Morgan fingerprint density at radius 1 is 1.44 bits per heavy atom. The number of alkyl halides is 1. The molecule has 2 nitrogen and oxygen atoms in total. The summed E-state index contributed by atoms with van der Waals surface area (Å²) < 4.78 is -0.483. The summed E-state index contributed by atoms with van der Waals surface area (Å²) in [5.74, 6) is -0.197. The lowest BCUT2D eigenvalue weighted by Crippen LogP contribution is -2.35. The van der Waals surface area contributed by atoms with Gasteiger partial charge in [0.15, 0.2) is 0 Å². The van der Waals surface area contributed by atoms with Gasteiger partial charge in [-0.15, -0.1) is 23.4 Å². The van der Waals surface area contributed by atoms with Crippen LogP contribution in [0.1, 0.15) is 19.4 Å². The molecule has 1 rings (SSSR count). The zero-order valence-corrected chi connectivity index (χ0v) is 10.9. The molecule has 0 spiro atoms. The first-order valence-electron chi connectivity index (χ1n) is 4.98. The molecule has 0 bridgehead atoms. The highest BCUT2D eigenvalue weighted by Crippen LogP contribution is 2.34. The van der Waals surface area contributed by atoms with Gasteiger partial charge in [0.25, 0.3) is 0 Å². The molecule has 1 aromatic carbocycles. The molecule has 0 aliphatic heterocycles. The van der Waals surface area contributed by atoms with Gasteiger partial charge in [-0.3, -0.25) is 4.79 Å². The minimum atomic E-state index is -0.966. The SMILES string of the molecule is CC(C)(SCc1ccccc1)C(Cl)C(=O)O. The van der Waals surface area contributed by atoms with E-state index in [9.17, 15) is 4.79 Å². The summed E-state index contributed by atoms with van der Waals surface area (Å²) in [6, 6.07) is 9.94. The van der Waals surface area contributed by atoms with E-state index in [0.717, 1.165) is 5.75 Å². The van der Waals surface area contributed by atoms with Crippen molar-refractivity contribution in [2.45, 2.75) is 29.7 Å². The van der Waals surface area contributed by atoms with E-state index in [1.807, 2.05) is 44.2 Å². The Labute approximate surface area is 105 Å². The van der Waals surface area contributed by atoms with E-state index < -0.39 is 16.1 Å². The Morgan fingerprint density at radius 3 is 2.50 bits per heavy atom. The van der Waals surface area contributed by atoms with Crippen LogP contribution in [0.4, 0.5) is 0 Å². The summed E-state index contributed by atoms with van der Waals surface area (Å²) in [4.78, 5) is 10.8. The van der Waals surface area contributed by atoms with Gasteiger partial charge < -0.3 is 5.11 Å². The molecule has 1 unspecified atom stereocenters. The Bertz CT molecular complexity index is 351. The van der Waals surface area contributed by atoms with Crippen molar-refractivity contribution < 1.29 is 9.90 Å². The summed E-state index contributed by atoms with van der Waals surface area (Å²) in [7, 11) is 0. The second-order valence-electron chi connectivity index (χ2n) is 4.08. The van der Waals surface area contributed by atoms with Gasteiger partial charge in [-0.2, -0.15) is 0 Å². The third kappa shape index (κ3) is 3.72. The fourth-order valence-electron chi connectivity index (χ4n) is 1.21. The molecule has 0 fully saturated rings. The van der Waals surface area contributed by atoms with Crippen molar-refractivity contribution in [3.8, 4) is 0 Å². The van der Waals surface area contributed by atoms with E-state index in [-0.39, 0.29) is 0 Å². The number of carbonyl (C=O) groups is 1. The number of hydrogen-bond donors (Lipinski definition) is 1. The van der Waals surface area contributed by atoms with Crippen molar-refractivity contribution in [2.75, 3.05) is 0 Å². The molecule has 0 saturated heterocycles. The van der Waals surface area contributed by atoms with E-state index >= 15 is 0 Å². The fourth-order valence-corrected chi connectivity index (χ4v) is 2.38. The lowest BCUT2D eigenvalue weighted by Gasteiger charge is -2.26. The van der Waals surface area contributed by atoms with Gasteiger partial charge in [0, 0.05) is 10.5 Å². The number of aliphatic carboxylic acids is 1. The van der Waals surface area contributed by atoms with Gasteiger partial charge in [0.05, 0.1) is 0 Å². The zero-order chi connectivity index (χ0) is 12.2. The van der Waals surface area contributed by atoms with Crippen LogP contribution in [0.3, 0.4) is 0 Å². The molecule has 4 heteroatoms. The molecule has 1 N–H and O–H groups in total. The number of rotatable bonds is 5. The van der Waals surface area contributed by atoms with Gasteiger partial charge in [-0.1, -0.05) is 30.3 Å². The van der Waals surface area contributed by atoms with Crippen LogP contribution in [-0.4, -0.2) is 21.2 Å². The monoisotopic (exact) mass is 258 g/mol. The topological polar surface area (TPSA) is 37.3 Å². The van der Waals surface area contributed by atoms with Gasteiger partial charge in [-0.25, -0.2) is 0 Å². The third-order valence-corrected chi connectivity index (χ3v) is 4.60. The minimum Gasteiger partial charge on any atom is -0.480 e. The number of hydrogen-bond acceptors (Lipinski definition) is 2. The molecule has 88 valence electrons. The van der Waals surface area contributed by atoms with Gasteiger partial charge in [0.1, 0.15) is 5.38 Å². The maximum atomic E-state index is 10.8. The van der Waals surface area contributed by atoms with Crippen LogP contribution in [0.5, 0.6) is 0 Å². The Kier molecular flexibility index (Phi) is 4.69. The number of benzene rings is 1. The van der Waals surface area contributed by atoms with Crippen LogP contribution >= 0.6 is 23.4 Å². The van der Waals surface area contributed by atoms with Crippen LogP contribution in [-0.2, 0) is 10.5 Å². The van der Waals surface area contributed by atoms with E-state index in [1.54, 1.807) is 11.8 Å². The minimum absolute atomic E-state index is 0.483. The van der Waals surface area contributed by atoms with Crippen LogP contribution in [0.15, 0.2) is 30.3 Å². The van der Waals surface area contributed by atoms with Crippen LogP contribution in [0, 0.1) is 0 Å². The lowest BCUT2D eigenvalue weighted by atomic mass is 10.1. The maximum absolute atomic E-state index is 10.8. The van der Waals surface area contributed by atoms with Crippen molar-refractivity contribution in [1.29, 1.82) is 0 Å². The predicted octanol–water partition coefficient (Wildman–Crippen LogP) is 3.39. The van der Waals surface area contributed by atoms with Gasteiger partial charge >= 0.3 is 5.97 Å². The average Bonchev–Trinajstić information content (AvgIpc) is 2.27. The largest absolute Gasteiger partial charge is 0.480 e. The van der Waals surface area contributed by atoms with Crippen LogP contribution in [0.25, 0.3) is 0 Å². The summed E-state index contributed by atoms with van der Waals surface area (Å²) in [5.41, 5.74) is 1.18. The molecule has 0 aliphatic carbocycles. The van der Waals surface area contributed by atoms with Crippen molar-refractivity contribution in [3.05, 3.63) is 35.9 Å². The summed E-state index contributed by atoms with van der Waals surface area (Å²) >= 11 is 7.41. The van der Waals surface area contributed by atoms with Crippen LogP contribution in [0.2, 0.25) is 0 Å². The highest BCUT2D eigenvalue weighted by molar-refractivity contribution is 8.00. The van der Waals surface area contributed by atoms with Crippen LogP contribution < -0.4 is 0 Å². The Hall–Kier alpha value is -0.670. The van der Waals surface area contributed by atoms with Crippen molar-refractivity contribution in [3.63, 3.8) is 0 Å². The molecule has 0 aromatic heterocycles.